The second-order valence-electron chi connectivity index (χ2n) is 8.25. The fraction of sp³-hybridized carbons (Fsp3) is 0.391. The molecule has 33 heavy (non-hydrogen) atoms. The van der Waals surface area contributed by atoms with Crippen molar-refractivity contribution in [2.24, 2.45) is 11.8 Å². The Morgan fingerprint density at radius 2 is 1.88 bits per heavy atom. The highest BCUT2D eigenvalue weighted by Gasteiger charge is 2.39. The number of halogens is 3. The summed E-state index contributed by atoms with van der Waals surface area (Å²) in [4.78, 5) is 16.3. The number of methoxy groups -OCH3 is 1. The van der Waals surface area contributed by atoms with Gasteiger partial charge < -0.3 is 14.4 Å². The predicted octanol–water partition coefficient (Wildman–Crippen LogP) is 4.56. The number of thiophene rings is 1. The molecule has 2 aliphatic rings. The molecule has 1 saturated heterocycles. The van der Waals surface area contributed by atoms with Gasteiger partial charge in [-0.25, -0.2) is 9.78 Å². The molecule has 0 amide bonds. The van der Waals surface area contributed by atoms with E-state index in [1.165, 1.54) is 35.7 Å². The molecular weight excluding hydrogens is 455 g/mol. The largest absolute Gasteiger partial charge is 0.497 e. The predicted molar refractivity (Wildman–Crippen MR) is 118 cm³/mol. The summed E-state index contributed by atoms with van der Waals surface area (Å²) in [5.74, 6) is 0.855. The molecule has 1 aromatic carbocycles. The number of benzene rings is 1. The van der Waals surface area contributed by atoms with E-state index in [0.717, 1.165) is 37.1 Å². The van der Waals surface area contributed by atoms with E-state index in [9.17, 15) is 13.2 Å². The van der Waals surface area contributed by atoms with Crippen molar-refractivity contribution in [3.05, 3.63) is 58.7 Å². The molecule has 2 aliphatic heterocycles. The molecule has 10 heteroatoms. The van der Waals surface area contributed by atoms with Gasteiger partial charge in [-0.3, -0.25) is 4.90 Å². The van der Waals surface area contributed by atoms with E-state index in [2.05, 4.69) is 38.4 Å². The number of likely N-dealkylation sites (tertiary alicyclic amines) is 1. The third kappa shape index (κ3) is 5.39. The van der Waals surface area contributed by atoms with Gasteiger partial charge in [-0.05, 0) is 58.5 Å². The Kier molecular flexibility index (Phi) is 6.76. The molecule has 6 nitrogen and oxygen atoms in total. The summed E-state index contributed by atoms with van der Waals surface area (Å²) in [5, 5.41) is 11.6. The van der Waals surface area contributed by atoms with Crippen LogP contribution in [-0.2, 0) is 24.3 Å². The Morgan fingerprint density at radius 1 is 1.18 bits per heavy atom. The first-order valence-electron chi connectivity index (χ1n) is 10.5. The topological polar surface area (TPSA) is 67.6 Å². The van der Waals surface area contributed by atoms with Crippen LogP contribution in [-0.4, -0.2) is 51.9 Å². The number of carbonyl (C=O) groups is 1. The molecule has 5 rings (SSSR count). The number of hydrogen-bond donors (Lipinski definition) is 1. The average Bonchev–Trinajstić information content (AvgIpc) is 3.51. The summed E-state index contributed by atoms with van der Waals surface area (Å²) in [6, 6.07) is 10.6. The Bertz CT molecular complexity index is 1080. The van der Waals surface area contributed by atoms with Crippen LogP contribution in [0.5, 0.6) is 5.75 Å². The van der Waals surface area contributed by atoms with Crippen molar-refractivity contribution < 1.29 is 27.8 Å². The number of imidazole rings is 1. The number of aromatic nitrogens is 2. The van der Waals surface area contributed by atoms with Crippen LogP contribution in [0.2, 0.25) is 0 Å². The van der Waals surface area contributed by atoms with Gasteiger partial charge in [-0.1, -0.05) is 0 Å². The lowest BCUT2D eigenvalue weighted by molar-refractivity contribution is -0.192. The number of carboxylic acids is 1. The monoisotopic (exact) mass is 479 g/mol. The molecule has 0 saturated carbocycles. The van der Waals surface area contributed by atoms with Gasteiger partial charge in [0.15, 0.2) is 0 Å². The normalized spacial score (nSPS) is 19.9. The van der Waals surface area contributed by atoms with Crippen LogP contribution in [0.4, 0.5) is 13.2 Å². The number of alkyl halides is 3. The fourth-order valence-corrected chi connectivity index (χ4v) is 5.15. The maximum atomic E-state index is 10.6. The third-order valence-electron chi connectivity index (χ3n) is 6.07. The molecule has 0 spiro atoms. The van der Waals surface area contributed by atoms with Crippen LogP contribution in [0.25, 0.3) is 11.3 Å². The number of aliphatic carboxylic acids is 1. The van der Waals surface area contributed by atoms with E-state index >= 15 is 0 Å². The van der Waals surface area contributed by atoms with Crippen molar-refractivity contribution in [2.75, 3.05) is 20.2 Å². The summed E-state index contributed by atoms with van der Waals surface area (Å²) in [7, 11) is 1.71. The molecular formula is C23H24F3N3O3S. The van der Waals surface area contributed by atoms with Crippen molar-refractivity contribution in [1.29, 1.82) is 0 Å². The van der Waals surface area contributed by atoms with Crippen LogP contribution in [0, 0.1) is 11.8 Å². The highest BCUT2D eigenvalue weighted by molar-refractivity contribution is 7.07. The molecule has 4 heterocycles. The van der Waals surface area contributed by atoms with E-state index in [1.54, 1.807) is 18.4 Å². The van der Waals surface area contributed by atoms with Crippen LogP contribution < -0.4 is 4.74 Å². The summed E-state index contributed by atoms with van der Waals surface area (Å²) in [6.07, 6.45) is -1.94. The summed E-state index contributed by atoms with van der Waals surface area (Å²) < 4.78 is 39.5. The number of ether oxygens (including phenoxy) is 1. The lowest BCUT2D eigenvalue weighted by atomic mass is 9.89. The highest BCUT2D eigenvalue weighted by Crippen LogP contribution is 2.36. The lowest BCUT2D eigenvalue weighted by Crippen LogP contribution is -2.28. The second-order valence-corrected chi connectivity index (χ2v) is 9.03. The van der Waals surface area contributed by atoms with Gasteiger partial charge >= 0.3 is 12.1 Å². The molecule has 1 fully saturated rings. The lowest BCUT2D eigenvalue weighted by Gasteiger charge is -2.27. The van der Waals surface area contributed by atoms with E-state index in [0.29, 0.717) is 0 Å². The second kappa shape index (κ2) is 9.56. The van der Waals surface area contributed by atoms with Crippen LogP contribution in [0.1, 0.15) is 11.4 Å². The first-order valence-corrected chi connectivity index (χ1v) is 11.4. The minimum Gasteiger partial charge on any atom is -0.497 e. The van der Waals surface area contributed by atoms with Crippen LogP contribution in [0.3, 0.4) is 0 Å². The van der Waals surface area contributed by atoms with Gasteiger partial charge in [0, 0.05) is 38.2 Å². The van der Waals surface area contributed by atoms with E-state index in [1.807, 2.05) is 18.3 Å². The maximum absolute atomic E-state index is 10.6. The van der Waals surface area contributed by atoms with Crippen molar-refractivity contribution in [1.82, 2.24) is 14.5 Å². The Hall–Kier alpha value is -2.85. The molecule has 176 valence electrons. The minimum atomic E-state index is -5.08. The number of nitrogens with zero attached hydrogens (tertiary/aromatic N) is 3. The molecule has 2 atom stereocenters. The molecule has 2 aromatic heterocycles. The van der Waals surface area contributed by atoms with Crippen LogP contribution in [0.15, 0.2) is 47.3 Å². The van der Waals surface area contributed by atoms with Crippen molar-refractivity contribution in [2.45, 2.75) is 25.7 Å². The van der Waals surface area contributed by atoms with Gasteiger partial charge in [0.1, 0.15) is 11.6 Å². The van der Waals surface area contributed by atoms with Gasteiger partial charge in [0.05, 0.1) is 19.0 Å². The van der Waals surface area contributed by atoms with Crippen molar-refractivity contribution in [3.63, 3.8) is 0 Å². The standard InChI is InChI=1S/C21H23N3OS.C2HF3O2/c1-25-19-4-2-16(3-5-19)20-9-22-21-8-17-11-23(10-15-6-7-26-14-15)12-18(17)13-24(20)21;3-2(4,5)1(6)7/h2-7,9,14,17-18H,8,10-13H2,1H3;(H,6,7). The molecule has 2 unspecified atom stereocenters. The third-order valence-corrected chi connectivity index (χ3v) is 6.80. The van der Waals surface area contributed by atoms with Crippen LogP contribution >= 0.6 is 11.3 Å². The Labute approximate surface area is 193 Å². The number of hydrogen-bond acceptors (Lipinski definition) is 5. The van der Waals surface area contributed by atoms with Gasteiger partial charge in [-0.2, -0.15) is 24.5 Å². The maximum Gasteiger partial charge on any atom is 0.490 e. The van der Waals surface area contributed by atoms with Gasteiger partial charge in [0.2, 0.25) is 0 Å². The quantitative estimate of drug-likeness (QED) is 0.594. The van der Waals surface area contributed by atoms with E-state index < -0.39 is 12.1 Å². The zero-order valence-corrected chi connectivity index (χ0v) is 18.8. The highest BCUT2D eigenvalue weighted by atomic mass is 32.1. The van der Waals surface area contributed by atoms with E-state index in [-0.39, 0.29) is 0 Å². The smallest absolute Gasteiger partial charge is 0.490 e. The average molecular weight is 480 g/mol. The molecule has 3 aromatic rings. The van der Waals surface area contributed by atoms with E-state index in [4.69, 9.17) is 19.6 Å². The number of rotatable bonds is 4. The fourth-order valence-electron chi connectivity index (χ4n) is 4.49. The van der Waals surface area contributed by atoms with Gasteiger partial charge in [-0.15, -0.1) is 0 Å². The number of fused-ring (bicyclic) bond motifs is 2. The van der Waals surface area contributed by atoms with Crippen molar-refractivity contribution >= 4 is 17.3 Å². The first kappa shape index (κ1) is 23.3. The zero-order valence-electron chi connectivity index (χ0n) is 18.0. The summed E-state index contributed by atoms with van der Waals surface area (Å²) >= 11 is 1.79. The Balaban J connectivity index is 0.000000325. The Morgan fingerprint density at radius 3 is 2.48 bits per heavy atom. The molecule has 0 radical (unpaired) electrons. The minimum absolute atomic E-state index is 0.729. The molecule has 0 aliphatic carbocycles. The molecule has 0 bridgehead atoms. The zero-order chi connectivity index (χ0) is 23.6. The SMILES string of the molecule is COc1ccc(-c2cnc3n2CC2CN(Cc4ccsc4)CC2C3)cc1.O=C(O)C(F)(F)F. The first-order chi connectivity index (χ1) is 15.7. The molecule has 1 N–H and O–H groups in total. The summed E-state index contributed by atoms with van der Waals surface area (Å²) in [6.45, 7) is 4.57. The number of carboxylic acid groups (broad SMARTS) is 1. The van der Waals surface area contributed by atoms with Gasteiger partial charge in [0.25, 0.3) is 0 Å². The summed E-state index contributed by atoms with van der Waals surface area (Å²) in [5.41, 5.74) is 3.90. The van der Waals surface area contributed by atoms with Crippen molar-refractivity contribution in [3.8, 4) is 17.0 Å².